The van der Waals surface area contributed by atoms with Crippen molar-refractivity contribution in [1.29, 1.82) is 0 Å². The van der Waals surface area contributed by atoms with E-state index in [0.29, 0.717) is 19.0 Å². The van der Waals surface area contributed by atoms with Gasteiger partial charge in [0.25, 0.3) is 0 Å². The van der Waals surface area contributed by atoms with Crippen molar-refractivity contribution < 1.29 is 23.1 Å². The van der Waals surface area contributed by atoms with E-state index in [4.69, 9.17) is 5.11 Å². The molecule has 0 unspecified atom stereocenters. The third-order valence-corrected chi connectivity index (χ3v) is 6.94. The summed E-state index contributed by atoms with van der Waals surface area (Å²) in [5.74, 6) is 0.0139. The summed E-state index contributed by atoms with van der Waals surface area (Å²) >= 11 is 0. The molecule has 3 aliphatic rings. The first-order chi connectivity index (χ1) is 11.8. The molecule has 2 N–H and O–H groups in total. The van der Waals surface area contributed by atoms with E-state index in [-0.39, 0.29) is 42.6 Å². The molecule has 2 saturated carbocycles. The number of sulfone groups is 1. The number of hydrogen-bond donors (Lipinski definition) is 2. The number of carbonyl (C=O) groups is 2. The van der Waals surface area contributed by atoms with Gasteiger partial charge in [0.15, 0.2) is 9.84 Å². The summed E-state index contributed by atoms with van der Waals surface area (Å²) in [6.45, 7) is 1.98. The summed E-state index contributed by atoms with van der Waals surface area (Å²) in [6.07, 6.45) is 3.96. The first-order valence-corrected chi connectivity index (χ1v) is 10.8. The quantitative estimate of drug-likeness (QED) is 0.571. The second kappa shape index (κ2) is 7.59. The molecule has 142 valence electrons. The second-order valence-electron chi connectivity index (χ2n) is 7.58. The Bertz CT molecular complexity index is 599. The number of nitrogens with zero attached hydrogens (tertiary/aromatic N) is 2. The predicted molar refractivity (Wildman–Crippen MR) is 92.0 cm³/mol. The van der Waals surface area contributed by atoms with E-state index >= 15 is 0 Å². The van der Waals surface area contributed by atoms with Crippen molar-refractivity contribution >= 4 is 21.7 Å². The van der Waals surface area contributed by atoms with Crippen molar-refractivity contribution in [2.45, 2.75) is 37.8 Å². The van der Waals surface area contributed by atoms with Crippen LogP contribution in [0.2, 0.25) is 0 Å². The van der Waals surface area contributed by atoms with Crippen LogP contribution in [0.25, 0.3) is 0 Å². The summed E-state index contributed by atoms with van der Waals surface area (Å²) in [4.78, 5) is 27.0. The van der Waals surface area contributed by atoms with Crippen molar-refractivity contribution in [2.24, 2.45) is 5.92 Å². The first kappa shape index (κ1) is 18.6. The highest BCUT2D eigenvalue weighted by molar-refractivity contribution is 7.91. The summed E-state index contributed by atoms with van der Waals surface area (Å²) < 4.78 is 22.8. The van der Waals surface area contributed by atoms with Crippen LogP contribution in [0.15, 0.2) is 0 Å². The average Bonchev–Trinajstić information content (AvgIpc) is 3.27. The van der Waals surface area contributed by atoms with Crippen LogP contribution in [0.5, 0.6) is 0 Å². The number of carboxylic acids is 1. The Balaban J connectivity index is 1.37. The topological polar surface area (TPSA) is 107 Å². The Kier molecular flexibility index (Phi) is 5.65. The molecule has 1 saturated heterocycles. The van der Waals surface area contributed by atoms with Gasteiger partial charge < -0.3 is 10.4 Å². The van der Waals surface area contributed by atoms with E-state index in [1.165, 1.54) is 12.8 Å². The summed E-state index contributed by atoms with van der Waals surface area (Å²) in [7, 11) is -2.93. The van der Waals surface area contributed by atoms with Gasteiger partial charge in [-0.25, -0.2) is 8.42 Å². The normalized spacial score (nSPS) is 29.2. The lowest BCUT2D eigenvalue weighted by atomic mass is 9.85. The minimum atomic E-state index is -2.93. The van der Waals surface area contributed by atoms with Crippen LogP contribution >= 0.6 is 0 Å². The fourth-order valence-electron chi connectivity index (χ4n) is 3.54. The molecule has 0 aromatic carbocycles. The van der Waals surface area contributed by atoms with E-state index in [1.54, 1.807) is 0 Å². The average molecular weight is 373 g/mol. The van der Waals surface area contributed by atoms with Gasteiger partial charge in [-0.1, -0.05) is 0 Å². The zero-order valence-electron chi connectivity index (χ0n) is 14.4. The molecular weight excluding hydrogens is 346 g/mol. The van der Waals surface area contributed by atoms with Gasteiger partial charge in [-0.2, -0.15) is 0 Å². The summed E-state index contributed by atoms with van der Waals surface area (Å²) in [5.41, 5.74) is 0. The Hall–Kier alpha value is -1.19. The van der Waals surface area contributed by atoms with Gasteiger partial charge in [0.2, 0.25) is 5.91 Å². The minimum Gasteiger partial charge on any atom is -0.480 e. The van der Waals surface area contributed by atoms with Crippen molar-refractivity contribution in [2.75, 3.05) is 44.2 Å². The highest BCUT2D eigenvalue weighted by Gasteiger charge is 2.37. The van der Waals surface area contributed by atoms with Gasteiger partial charge in [0.05, 0.1) is 24.6 Å². The number of aliphatic carboxylic acids is 1. The van der Waals surface area contributed by atoms with E-state index in [2.05, 4.69) is 5.32 Å². The molecular formula is C16H27N3O5S. The maximum Gasteiger partial charge on any atom is 0.317 e. The maximum atomic E-state index is 12.1. The SMILES string of the molecule is O=C(O)CN(CC1CC1)C1CC(NC(=O)CN2CCS(=O)(=O)CC2)C1. The lowest BCUT2D eigenvalue weighted by Crippen LogP contribution is -2.56. The smallest absolute Gasteiger partial charge is 0.317 e. The van der Waals surface area contributed by atoms with Crippen LogP contribution in [0, 0.1) is 5.92 Å². The van der Waals surface area contributed by atoms with Gasteiger partial charge in [-0.3, -0.25) is 19.4 Å². The molecule has 0 spiro atoms. The molecule has 0 aromatic heterocycles. The Morgan fingerprint density at radius 2 is 1.80 bits per heavy atom. The van der Waals surface area contributed by atoms with Crippen molar-refractivity contribution in [3.05, 3.63) is 0 Å². The van der Waals surface area contributed by atoms with Gasteiger partial charge in [0.1, 0.15) is 0 Å². The molecule has 0 aromatic rings. The van der Waals surface area contributed by atoms with Crippen LogP contribution in [0.3, 0.4) is 0 Å². The summed E-state index contributed by atoms with van der Waals surface area (Å²) in [6, 6.07) is 0.337. The molecule has 2 aliphatic carbocycles. The molecule has 3 rings (SSSR count). The molecule has 1 amide bonds. The molecule has 0 bridgehead atoms. The number of nitrogens with one attached hydrogen (secondary N) is 1. The number of hydrogen-bond acceptors (Lipinski definition) is 6. The standard InChI is InChI=1S/C16H27N3O5S/c20-15(10-18-3-5-25(23,24)6-4-18)17-13-7-14(8-13)19(11-16(21)22)9-12-1-2-12/h12-14H,1-11H2,(H,17,20)(H,21,22). The fraction of sp³-hybridized carbons (Fsp3) is 0.875. The number of carboxylic acid groups (broad SMARTS) is 1. The van der Waals surface area contributed by atoms with Crippen LogP contribution < -0.4 is 5.32 Å². The molecule has 25 heavy (non-hydrogen) atoms. The minimum absolute atomic E-state index is 0.0735. The lowest BCUT2D eigenvalue weighted by Gasteiger charge is -2.43. The highest BCUT2D eigenvalue weighted by Crippen LogP contribution is 2.33. The molecule has 0 atom stereocenters. The third kappa shape index (κ3) is 5.65. The van der Waals surface area contributed by atoms with Gasteiger partial charge in [0, 0.05) is 31.7 Å². The third-order valence-electron chi connectivity index (χ3n) is 5.33. The monoisotopic (exact) mass is 373 g/mol. The van der Waals surface area contributed by atoms with Crippen molar-refractivity contribution in [3.8, 4) is 0 Å². The number of amides is 1. The lowest BCUT2D eigenvalue weighted by molar-refractivity contribution is -0.140. The van der Waals surface area contributed by atoms with E-state index in [1.807, 2.05) is 9.80 Å². The van der Waals surface area contributed by atoms with Gasteiger partial charge >= 0.3 is 5.97 Å². The maximum absolute atomic E-state index is 12.1. The van der Waals surface area contributed by atoms with Crippen molar-refractivity contribution in [3.63, 3.8) is 0 Å². The Morgan fingerprint density at radius 1 is 1.16 bits per heavy atom. The number of rotatable bonds is 8. The second-order valence-corrected chi connectivity index (χ2v) is 9.89. The molecule has 0 radical (unpaired) electrons. The molecule has 9 heteroatoms. The Morgan fingerprint density at radius 3 is 2.36 bits per heavy atom. The fourth-order valence-corrected chi connectivity index (χ4v) is 4.81. The largest absolute Gasteiger partial charge is 0.480 e. The van der Waals surface area contributed by atoms with Crippen molar-refractivity contribution in [1.82, 2.24) is 15.1 Å². The zero-order valence-corrected chi connectivity index (χ0v) is 15.2. The molecule has 1 heterocycles. The van der Waals surface area contributed by atoms with Crippen LogP contribution in [0.1, 0.15) is 25.7 Å². The molecule has 1 aliphatic heterocycles. The molecule has 8 nitrogen and oxygen atoms in total. The number of carbonyl (C=O) groups excluding carboxylic acids is 1. The van der Waals surface area contributed by atoms with Crippen LogP contribution in [0.4, 0.5) is 0 Å². The first-order valence-electron chi connectivity index (χ1n) is 8.99. The predicted octanol–water partition coefficient (Wildman–Crippen LogP) is -0.839. The Labute approximate surface area is 148 Å². The van der Waals surface area contributed by atoms with E-state index < -0.39 is 15.8 Å². The van der Waals surface area contributed by atoms with E-state index in [9.17, 15) is 18.0 Å². The van der Waals surface area contributed by atoms with Gasteiger partial charge in [-0.05, 0) is 31.6 Å². The van der Waals surface area contributed by atoms with E-state index in [0.717, 1.165) is 19.4 Å². The summed E-state index contributed by atoms with van der Waals surface area (Å²) in [5, 5.41) is 12.0. The molecule has 3 fully saturated rings. The van der Waals surface area contributed by atoms with Gasteiger partial charge in [-0.15, -0.1) is 0 Å². The van der Waals surface area contributed by atoms with Crippen LogP contribution in [-0.4, -0.2) is 91.5 Å². The highest BCUT2D eigenvalue weighted by atomic mass is 32.2. The zero-order chi connectivity index (χ0) is 18.0. The van der Waals surface area contributed by atoms with Crippen LogP contribution in [-0.2, 0) is 19.4 Å².